The van der Waals surface area contributed by atoms with Crippen LogP contribution in [0.25, 0.3) is 11.4 Å². The summed E-state index contributed by atoms with van der Waals surface area (Å²) in [5, 5.41) is 11.8. The molecular formula is C18H18N4O3S. The van der Waals surface area contributed by atoms with Crippen LogP contribution in [0.3, 0.4) is 0 Å². The third-order valence-corrected chi connectivity index (χ3v) is 4.86. The highest BCUT2D eigenvalue weighted by atomic mass is 32.2. The van der Waals surface area contributed by atoms with Gasteiger partial charge in [0.05, 0.1) is 17.6 Å². The highest BCUT2D eigenvalue weighted by Crippen LogP contribution is 2.25. The molecule has 0 spiro atoms. The van der Waals surface area contributed by atoms with Crippen LogP contribution < -0.4 is 5.32 Å². The fourth-order valence-electron chi connectivity index (χ4n) is 2.41. The molecule has 7 nitrogen and oxygen atoms in total. The smallest absolute Gasteiger partial charge is 0.234 e. The van der Waals surface area contributed by atoms with Gasteiger partial charge in [-0.2, -0.15) is 0 Å². The summed E-state index contributed by atoms with van der Waals surface area (Å²) < 4.78 is 7.13. The third-order valence-electron chi connectivity index (χ3n) is 3.84. The summed E-state index contributed by atoms with van der Waals surface area (Å²) in [4.78, 5) is 23.4. The fourth-order valence-corrected chi connectivity index (χ4v) is 3.12. The molecule has 1 N–H and O–H groups in total. The minimum Gasteiger partial charge on any atom is -0.469 e. The van der Waals surface area contributed by atoms with Gasteiger partial charge >= 0.3 is 0 Å². The van der Waals surface area contributed by atoms with Crippen molar-refractivity contribution in [1.29, 1.82) is 0 Å². The number of rotatable bonds is 6. The number of hydrogen-bond donors (Lipinski definition) is 1. The van der Waals surface area contributed by atoms with Crippen molar-refractivity contribution in [3.8, 4) is 11.4 Å². The zero-order chi connectivity index (χ0) is 18.7. The quantitative estimate of drug-likeness (QED) is 0.529. The van der Waals surface area contributed by atoms with Gasteiger partial charge in [-0.3, -0.25) is 9.59 Å². The van der Waals surface area contributed by atoms with E-state index in [2.05, 4.69) is 15.5 Å². The Morgan fingerprint density at radius 3 is 2.54 bits per heavy atom. The number of amides is 1. The Morgan fingerprint density at radius 1 is 1.19 bits per heavy atom. The average molecular weight is 370 g/mol. The van der Waals surface area contributed by atoms with E-state index in [0.717, 1.165) is 11.3 Å². The first kappa shape index (κ1) is 17.9. The van der Waals surface area contributed by atoms with E-state index in [1.165, 1.54) is 18.7 Å². The molecule has 8 heteroatoms. The number of aryl methyl sites for hydroxylation is 1. The molecule has 2 aromatic heterocycles. The summed E-state index contributed by atoms with van der Waals surface area (Å²) in [6.45, 7) is 3.37. The van der Waals surface area contributed by atoms with Crippen molar-refractivity contribution in [2.75, 3.05) is 11.1 Å². The molecule has 1 amide bonds. The normalized spacial score (nSPS) is 10.7. The van der Waals surface area contributed by atoms with Gasteiger partial charge in [-0.05, 0) is 44.2 Å². The summed E-state index contributed by atoms with van der Waals surface area (Å²) in [5.41, 5.74) is 2.13. The van der Waals surface area contributed by atoms with Crippen LogP contribution in [0.15, 0.2) is 46.2 Å². The maximum Gasteiger partial charge on any atom is 0.234 e. The minimum absolute atomic E-state index is 0.00984. The zero-order valence-electron chi connectivity index (χ0n) is 14.6. The lowest BCUT2D eigenvalue weighted by Gasteiger charge is -2.06. The highest BCUT2D eigenvalue weighted by molar-refractivity contribution is 7.99. The van der Waals surface area contributed by atoms with Gasteiger partial charge in [0.2, 0.25) is 5.91 Å². The molecule has 0 saturated heterocycles. The Balaban J connectivity index is 1.60. The van der Waals surface area contributed by atoms with Crippen LogP contribution in [-0.2, 0) is 11.8 Å². The van der Waals surface area contributed by atoms with Gasteiger partial charge in [0.15, 0.2) is 16.8 Å². The van der Waals surface area contributed by atoms with E-state index in [4.69, 9.17) is 4.42 Å². The fraction of sp³-hybridized carbons (Fsp3) is 0.222. The molecular weight excluding hydrogens is 352 g/mol. The van der Waals surface area contributed by atoms with Crippen LogP contribution in [0.4, 0.5) is 5.69 Å². The first-order chi connectivity index (χ1) is 12.5. The Kier molecular flexibility index (Phi) is 5.22. The number of carbonyl (C=O) groups is 2. The van der Waals surface area contributed by atoms with E-state index in [1.54, 1.807) is 30.5 Å². The highest BCUT2D eigenvalue weighted by Gasteiger charge is 2.15. The van der Waals surface area contributed by atoms with Crippen molar-refractivity contribution in [2.45, 2.75) is 19.0 Å². The lowest BCUT2D eigenvalue weighted by Crippen LogP contribution is -2.14. The van der Waals surface area contributed by atoms with E-state index in [9.17, 15) is 9.59 Å². The molecule has 2 heterocycles. The summed E-state index contributed by atoms with van der Waals surface area (Å²) >= 11 is 1.30. The summed E-state index contributed by atoms with van der Waals surface area (Å²) in [7, 11) is 1.85. The maximum atomic E-state index is 12.1. The molecule has 0 radical (unpaired) electrons. The van der Waals surface area contributed by atoms with Crippen molar-refractivity contribution < 1.29 is 14.0 Å². The summed E-state index contributed by atoms with van der Waals surface area (Å²) in [6, 6.07) is 8.63. The SMILES string of the molecule is CC(=O)c1ccc(NC(=O)CSc2nnc(-c3ccoc3C)n2C)cc1. The maximum absolute atomic E-state index is 12.1. The molecule has 0 unspecified atom stereocenters. The largest absolute Gasteiger partial charge is 0.469 e. The number of aromatic nitrogens is 3. The number of hydrogen-bond acceptors (Lipinski definition) is 6. The standard InChI is InChI=1S/C18H18N4O3S/c1-11(23)13-4-6-14(7-5-13)19-16(24)10-26-18-21-20-17(22(18)3)15-8-9-25-12(15)2/h4-9H,10H2,1-3H3,(H,19,24). The molecule has 0 saturated carbocycles. The summed E-state index contributed by atoms with van der Waals surface area (Å²) in [5.74, 6) is 1.49. The minimum atomic E-state index is -0.158. The second-order valence-corrected chi connectivity index (χ2v) is 6.67. The van der Waals surface area contributed by atoms with E-state index in [-0.39, 0.29) is 17.4 Å². The summed E-state index contributed by atoms with van der Waals surface area (Å²) in [6.07, 6.45) is 1.61. The van der Waals surface area contributed by atoms with Gasteiger partial charge in [-0.25, -0.2) is 0 Å². The first-order valence-corrected chi connectivity index (χ1v) is 8.92. The van der Waals surface area contributed by atoms with Crippen LogP contribution in [-0.4, -0.2) is 32.2 Å². The van der Waals surface area contributed by atoms with Crippen LogP contribution in [0.5, 0.6) is 0 Å². The van der Waals surface area contributed by atoms with Crippen molar-refractivity contribution in [1.82, 2.24) is 14.8 Å². The molecule has 0 aliphatic carbocycles. The van der Waals surface area contributed by atoms with E-state index < -0.39 is 0 Å². The van der Waals surface area contributed by atoms with Crippen molar-refractivity contribution in [3.05, 3.63) is 47.9 Å². The van der Waals surface area contributed by atoms with Crippen LogP contribution >= 0.6 is 11.8 Å². The van der Waals surface area contributed by atoms with Gasteiger partial charge in [-0.1, -0.05) is 11.8 Å². The number of Topliss-reactive ketones (excluding diaryl/α,β-unsaturated/α-hetero) is 1. The Labute approximate surface area is 154 Å². The number of nitrogens with zero attached hydrogens (tertiary/aromatic N) is 3. The molecule has 0 bridgehead atoms. The molecule has 3 aromatic rings. The number of ketones is 1. The molecule has 26 heavy (non-hydrogen) atoms. The number of carbonyl (C=O) groups excluding carboxylic acids is 2. The molecule has 0 aliphatic rings. The first-order valence-electron chi connectivity index (χ1n) is 7.93. The predicted molar refractivity (Wildman–Crippen MR) is 99.2 cm³/mol. The average Bonchev–Trinajstić information content (AvgIpc) is 3.19. The van der Waals surface area contributed by atoms with Crippen LogP contribution in [0.2, 0.25) is 0 Å². The molecule has 0 fully saturated rings. The molecule has 3 rings (SSSR count). The molecule has 1 aromatic carbocycles. The van der Waals surface area contributed by atoms with Crippen LogP contribution in [0, 0.1) is 6.92 Å². The second-order valence-electron chi connectivity index (χ2n) is 5.73. The number of nitrogens with one attached hydrogen (secondary N) is 1. The van der Waals surface area contributed by atoms with Crippen LogP contribution in [0.1, 0.15) is 23.0 Å². The number of furan rings is 1. The van der Waals surface area contributed by atoms with E-state index in [1.807, 2.05) is 24.6 Å². The predicted octanol–water partition coefficient (Wildman–Crippen LogP) is 3.32. The van der Waals surface area contributed by atoms with Gasteiger partial charge in [-0.15, -0.1) is 10.2 Å². The lowest BCUT2D eigenvalue weighted by molar-refractivity contribution is -0.113. The number of benzene rings is 1. The zero-order valence-corrected chi connectivity index (χ0v) is 15.5. The van der Waals surface area contributed by atoms with Crippen molar-refractivity contribution in [3.63, 3.8) is 0 Å². The van der Waals surface area contributed by atoms with E-state index in [0.29, 0.717) is 22.2 Å². The monoisotopic (exact) mass is 370 g/mol. The molecule has 0 aliphatic heterocycles. The van der Waals surface area contributed by atoms with Gasteiger partial charge in [0.25, 0.3) is 0 Å². The number of anilines is 1. The molecule has 134 valence electrons. The Morgan fingerprint density at radius 2 is 1.92 bits per heavy atom. The van der Waals surface area contributed by atoms with Crippen molar-refractivity contribution in [2.24, 2.45) is 7.05 Å². The van der Waals surface area contributed by atoms with Gasteiger partial charge in [0, 0.05) is 18.3 Å². The van der Waals surface area contributed by atoms with Gasteiger partial charge in [0.1, 0.15) is 5.76 Å². The van der Waals surface area contributed by atoms with E-state index >= 15 is 0 Å². The topological polar surface area (TPSA) is 90.0 Å². The Bertz CT molecular complexity index is 944. The van der Waals surface area contributed by atoms with Gasteiger partial charge < -0.3 is 14.3 Å². The van der Waals surface area contributed by atoms with Crippen molar-refractivity contribution >= 4 is 29.1 Å². The second kappa shape index (κ2) is 7.57. The number of thioether (sulfide) groups is 1. The molecule has 0 atom stereocenters. The third kappa shape index (κ3) is 3.85. The lowest BCUT2D eigenvalue weighted by atomic mass is 10.1. The Hall–Kier alpha value is -2.87.